The maximum Gasteiger partial charge on any atom is 0.261 e. The van der Waals surface area contributed by atoms with Crippen LogP contribution in [-0.4, -0.2) is 24.0 Å². The van der Waals surface area contributed by atoms with Crippen molar-refractivity contribution in [1.29, 1.82) is 0 Å². The van der Waals surface area contributed by atoms with E-state index < -0.39 is 0 Å². The maximum atomic E-state index is 12.6. The fourth-order valence-corrected chi connectivity index (χ4v) is 3.34. The minimum Gasteiger partial charge on any atom is -0.496 e. The summed E-state index contributed by atoms with van der Waals surface area (Å²) in [6.45, 7) is 1.86. The van der Waals surface area contributed by atoms with E-state index in [1.807, 2.05) is 13.0 Å². The van der Waals surface area contributed by atoms with Gasteiger partial charge in [0.2, 0.25) is 0 Å². The summed E-state index contributed by atoms with van der Waals surface area (Å²) in [5.41, 5.74) is 2.84. The summed E-state index contributed by atoms with van der Waals surface area (Å²) in [6, 6.07) is 18.9. The van der Waals surface area contributed by atoms with Crippen LogP contribution in [0.4, 0.5) is 11.4 Å². The molecule has 3 aromatic carbocycles. The quantitative estimate of drug-likeness (QED) is 0.472. The minimum atomic E-state index is -0.386. The van der Waals surface area contributed by atoms with E-state index in [0.29, 0.717) is 33.3 Å². The molecule has 31 heavy (non-hydrogen) atoms. The SMILES string of the molecule is COc1c(C)cccc1C(=O)NC(=S)Nc1cccc(NC(=O)c2cccc(Cl)c2)c1. The Morgan fingerprint density at radius 2 is 1.58 bits per heavy atom. The summed E-state index contributed by atoms with van der Waals surface area (Å²) in [5, 5.41) is 8.98. The second kappa shape index (κ2) is 10.1. The molecule has 0 aromatic heterocycles. The van der Waals surface area contributed by atoms with Gasteiger partial charge >= 0.3 is 0 Å². The van der Waals surface area contributed by atoms with Crippen molar-refractivity contribution in [3.05, 3.63) is 88.4 Å². The molecule has 3 N–H and O–H groups in total. The number of carbonyl (C=O) groups excluding carboxylic acids is 2. The number of thiocarbonyl (C=S) groups is 1. The van der Waals surface area contributed by atoms with E-state index in [9.17, 15) is 9.59 Å². The Morgan fingerprint density at radius 3 is 2.29 bits per heavy atom. The van der Waals surface area contributed by atoms with Gasteiger partial charge in [-0.25, -0.2) is 0 Å². The van der Waals surface area contributed by atoms with Crippen molar-refractivity contribution in [3.63, 3.8) is 0 Å². The number of anilines is 2. The predicted molar refractivity (Wildman–Crippen MR) is 127 cm³/mol. The van der Waals surface area contributed by atoms with Crippen LogP contribution < -0.4 is 20.7 Å². The molecule has 8 heteroatoms. The molecule has 6 nitrogen and oxygen atoms in total. The lowest BCUT2D eigenvalue weighted by Gasteiger charge is -2.13. The van der Waals surface area contributed by atoms with Gasteiger partial charge in [-0.2, -0.15) is 0 Å². The van der Waals surface area contributed by atoms with Crippen LogP contribution in [0.2, 0.25) is 5.02 Å². The molecule has 0 heterocycles. The zero-order valence-corrected chi connectivity index (χ0v) is 18.4. The largest absolute Gasteiger partial charge is 0.496 e. The van der Waals surface area contributed by atoms with Crippen molar-refractivity contribution in [2.24, 2.45) is 0 Å². The summed E-state index contributed by atoms with van der Waals surface area (Å²) in [4.78, 5) is 25.0. The van der Waals surface area contributed by atoms with Crippen LogP contribution in [0, 0.1) is 6.92 Å². The number of aryl methyl sites for hydroxylation is 1. The van der Waals surface area contributed by atoms with Crippen LogP contribution in [0.5, 0.6) is 5.75 Å². The number of rotatable bonds is 5. The van der Waals surface area contributed by atoms with Crippen LogP contribution >= 0.6 is 23.8 Å². The summed E-state index contributed by atoms with van der Waals surface area (Å²) < 4.78 is 5.32. The normalized spacial score (nSPS) is 10.2. The first-order valence-corrected chi connectivity index (χ1v) is 10.1. The Bertz CT molecular complexity index is 1150. The molecule has 0 bridgehead atoms. The Hall–Kier alpha value is -3.42. The number of hydrogen-bond acceptors (Lipinski definition) is 4. The van der Waals surface area contributed by atoms with E-state index in [1.165, 1.54) is 7.11 Å². The third kappa shape index (κ3) is 5.81. The smallest absolute Gasteiger partial charge is 0.261 e. The minimum absolute atomic E-state index is 0.117. The molecular formula is C23H20ClN3O3S. The number of benzene rings is 3. The van der Waals surface area contributed by atoms with Crippen molar-refractivity contribution in [1.82, 2.24) is 5.32 Å². The first-order valence-electron chi connectivity index (χ1n) is 9.30. The number of halogens is 1. The number of hydrogen-bond donors (Lipinski definition) is 3. The number of para-hydroxylation sites is 1. The van der Waals surface area contributed by atoms with Crippen molar-refractivity contribution in [2.45, 2.75) is 6.92 Å². The highest BCUT2D eigenvalue weighted by molar-refractivity contribution is 7.80. The van der Waals surface area contributed by atoms with Gasteiger partial charge in [-0.15, -0.1) is 0 Å². The van der Waals surface area contributed by atoms with Gasteiger partial charge in [0, 0.05) is 22.0 Å². The summed E-state index contributed by atoms with van der Waals surface area (Å²) in [5.74, 6) is -0.181. The zero-order valence-electron chi connectivity index (χ0n) is 16.9. The van der Waals surface area contributed by atoms with Crippen molar-refractivity contribution >= 4 is 52.1 Å². The number of ether oxygens (including phenoxy) is 1. The lowest BCUT2D eigenvalue weighted by atomic mass is 10.1. The Balaban J connectivity index is 1.65. The van der Waals surface area contributed by atoms with E-state index in [4.69, 9.17) is 28.6 Å². The fraction of sp³-hybridized carbons (Fsp3) is 0.0870. The molecule has 0 atom stereocenters. The average molecular weight is 454 g/mol. The molecule has 0 radical (unpaired) electrons. The fourth-order valence-electron chi connectivity index (χ4n) is 2.94. The van der Waals surface area contributed by atoms with E-state index in [1.54, 1.807) is 60.7 Å². The monoisotopic (exact) mass is 453 g/mol. The molecule has 0 aliphatic carbocycles. The van der Waals surface area contributed by atoms with E-state index >= 15 is 0 Å². The Morgan fingerprint density at radius 1 is 0.903 bits per heavy atom. The number of carbonyl (C=O) groups is 2. The number of nitrogens with one attached hydrogen (secondary N) is 3. The third-order valence-corrected chi connectivity index (χ3v) is 4.79. The summed E-state index contributed by atoms with van der Waals surface area (Å²) in [6.07, 6.45) is 0. The summed E-state index contributed by atoms with van der Waals surface area (Å²) in [7, 11) is 1.51. The average Bonchev–Trinajstić information content (AvgIpc) is 2.73. The second-order valence-electron chi connectivity index (χ2n) is 6.61. The highest BCUT2D eigenvalue weighted by Gasteiger charge is 2.15. The highest BCUT2D eigenvalue weighted by Crippen LogP contribution is 2.23. The molecule has 2 amide bonds. The van der Waals surface area contributed by atoms with Crippen LogP contribution in [-0.2, 0) is 0 Å². The van der Waals surface area contributed by atoms with Gasteiger partial charge in [-0.3, -0.25) is 14.9 Å². The zero-order chi connectivity index (χ0) is 22.4. The van der Waals surface area contributed by atoms with Gasteiger partial charge in [-0.1, -0.05) is 35.9 Å². The highest BCUT2D eigenvalue weighted by atomic mass is 35.5. The molecule has 0 spiro atoms. The number of amides is 2. The van der Waals surface area contributed by atoms with Crippen molar-refractivity contribution < 1.29 is 14.3 Å². The van der Waals surface area contributed by atoms with Gasteiger partial charge in [0.25, 0.3) is 11.8 Å². The van der Waals surface area contributed by atoms with Crippen LogP contribution in [0.1, 0.15) is 26.3 Å². The molecule has 0 fully saturated rings. The van der Waals surface area contributed by atoms with Gasteiger partial charge < -0.3 is 15.4 Å². The second-order valence-corrected chi connectivity index (χ2v) is 7.45. The Labute approximate surface area is 190 Å². The van der Waals surface area contributed by atoms with Gasteiger partial charge in [0.05, 0.1) is 12.7 Å². The van der Waals surface area contributed by atoms with Crippen LogP contribution in [0.25, 0.3) is 0 Å². The molecule has 0 unspecified atom stereocenters. The standard InChI is InChI=1S/C23H20ClN3O3S/c1-14-6-3-11-19(20(14)30-2)22(29)27-23(31)26-18-10-5-9-17(13-18)25-21(28)15-7-4-8-16(24)12-15/h3-13H,1-2H3,(H,25,28)(H2,26,27,29,31). The predicted octanol–water partition coefficient (Wildman–Crippen LogP) is 5.04. The van der Waals surface area contributed by atoms with Gasteiger partial charge in [0.1, 0.15) is 5.75 Å². The van der Waals surface area contributed by atoms with Gasteiger partial charge in [-0.05, 0) is 67.2 Å². The van der Waals surface area contributed by atoms with E-state index in [0.717, 1.165) is 5.56 Å². The maximum absolute atomic E-state index is 12.6. The van der Waals surface area contributed by atoms with E-state index in [-0.39, 0.29) is 16.9 Å². The lowest BCUT2D eigenvalue weighted by Crippen LogP contribution is -2.34. The van der Waals surface area contributed by atoms with Gasteiger partial charge in [0.15, 0.2) is 5.11 Å². The summed E-state index contributed by atoms with van der Waals surface area (Å²) >= 11 is 11.2. The molecule has 3 rings (SSSR count). The molecule has 3 aromatic rings. The molecule has 0 aliphatic heterocycles. The van der Waals surface area contributed by atoms with Crippen LogP contribution in [0.15, 0.2) is 66.7 Å². The first-order chi connectivity index (χ1) is 14.9. The molecule has 0 saturated heterocycles. The third-order valence-electron chi connectivity index (χ3n) is 4.35. The molecule has 158 valence electrons. The molecule has 0 saturated carbocycles. The molecule has 0 aliphatic rings. The molecular weight excluding hydrogens is 434 g/mol. The number of methoxy groups -OCH3 is 1. The lowest BCUT2D eigenvalue weighted by molar-refractivity contribution is 0.0973. The topological polar surface area (TPSA) is 79.5 Å². The van der Waals surface area contributed by atoms with Crippen molar-refractivity contribution in [2.75, 3.05) is 17.7 Å². The van der Waals surface area contributed by atoms with E-state index in [2.05, 4.69) is 16.0 Å². The van der Waals surface area contributed by atoms with Crippen LogP contribution in [0.3, 0.4) is 0 Å². The Kier molecular flexibility index (Phi) is 7.23. The van der Waals surface area contributed by atoms with Crippen molar-refractivity contribution in [3.8, 4) is 5.75 Å². The first kappa shape index (κ1) is 22.3.